The van der Waals surface area contributed by atoms with Crippen molar-refractivity contribution in [3.8, 4) is 0 Å². The van der Waals surface area contributed by atoms with E-state index in [1.165, 1.54) is 0 Å². The lowest BCUT2D eigenvalue weighted by atomic mass is 9.77. The van der Waals surface area contributed by atoms with Gasteiger partial charge in [-0.15, -0.1) is 0 Å². The van der Waals surface area contributed by atoms with Gasteiger partial charge in [-0.3, -0.25) is 0 Å². The zero-order valence-corrected chi connectivity index (χ0v) is 10.2. The molecular formula is C13H19NO3. The second-order valence-corrected chi connectivity index (χ2v) is 5.11. The first-order valence-electron chi connectivity index (χ1n) is 6.24. The van der Waals surface area contributed by atoms with Gasteiger partial charge in [0.15, 0.2) is 0 Å². The maximum Gasteiger partial charge on any atom is 0.115 e. The first kappa shape index (κ1) is 11.3. The number of aryl methyl sites for hydroxylation is 1. The molecule has 2 aliphatic heterocycles. The fourth-order valence-electron chi connectivity index (χ4n) is 2.65. The van der Waals surface area contributed by atoms with Crippen molar-refractivity contribution >= 4 is 0 Å². The maximum absolute atomic E-state index is 5.78. The van der Waals surface area contributed by atoms with Gasteiger partial charge in [0, 0.05) is 12.6 Å². The third kappa shape index (κ3) is 2.12. The molecule has 1 aromatic heterocycles. The Morgan fingerprint density at radius 2 is 2.24 bits per heavy atom. The summed E-state index contributed by atoms with van der Waals surface area (Å²) in [4.78, 5) is 0. The van der Waals surface area contributed by atoms with Crippen LogP contribution in [0.2, 0.25) is 0 Å². The minimum Gasteiger partial charge on any atom is -0.466 e. The number of hydrogen-bond acceptors (Lipinski definition) is 4. The topological polar surface area (TPSA) is 43.6 Å². The number of nitrogens with one attached hydrogen (secondary N) is 1. The summed E-state index contributed by atoms with van der Waals surface area (Å²) in [6, 6.07) is 4.53. The number of ether oxygens (including phenoxy) is 2. The molecule has 2 saturated heterocycles. The summed E-state index contributed by atoms with van der Waals surface area (Å²) >= 11 is 0. The summed E-state index contributed by atoms with van der Waals surface area (Å²) < 4.78 is 16.7. The maximum atomic E-state index is 5.78. The lowest BCUT2D eigenvalue weighted by Gasteiger charge is -2.42. The standard InChI is InChI=1S/C13H19NO3/c1-10-2-3-12(17-10)13(8-16-9-13)6-11-7-15-5-4-14-11/h2-3,11,14H,4-9H2,1H3. The Morgan fingerprint density at radius 1 is 1.35 bits per heavy atom. The van der Waals surface area contributed by atoms with E-state index in [2.05, 4.69) is 11.4 Å². The highest BCUT2D eigenvalue weighted by Crippen LogP contribution is 2.38. The van der Waals surface area contributed by atoms with Gasteiger partial charge in [0.2, 0.25) is 0 Å². The lowest BCUT2D eigenvalue weighted by molar-refractivity contribution is -0.0848. The summed E-state index contributed by atoms with van der Waals surface area (Å²) in [5.74, 6) is 2.03. The predicted molar refractivity (Wildman–Crippen MR) is 63.2 cm³/mol. The van der Waals surface area contributed by atoms with Crippen molar-refractivity contribution in [3.05, 3.63) is 23.7 Å². The first-order valence-corrected chi connectivity index (χ1v) is 6.24. The van der Waals surface area contributed by atoms with Crippen LogP contribution >= 0.6 is 0 Å². The van der Waals surface area contributed by atoms with Crippen molar-refractivity contribution in [1.29, 1.82) is 0 Å². The Bertz CT molecular complexity index is 378. The summed E-state index contributed by atoms with van der Waals surface area (Å²) in [7, 11) is 0. The molecule has 0 spiro atoms. The van der Waals surface area contributed by atoms with Crippen LogP contribution in [0.25, 0.3) is 0 Å². The molecule has 1 N–H and O–H groups in total. The minimum atomic E-state index is 0.0621. The van der Waals surface area contributed by atoms with Crippen molar-refractivity contribution in [1.82, 2.24) is 5.32 Å². The Hall–Kier alpha value is -0.840. The van der Waals surface area contributed by atoms with Crippen LogP contribution in [0.15, 0.2) is 16.5 Å². The van der Waals surface area contributed by atoms with Crippen molar-refractivity contribution < 1.29 is 13.9 Å². The second kappa shape index (κ2) is 4.44. The van der Waals surface area contributed by atoms with Gasteiger partial charge < -0.3 is 19.2 Å². The van der Waals surface area contributed by atoms with Gasteiger partial charge in [-0.1, -0.05) is 0 Å². The average molecular weight is 237 g/mol. The minimum absolute atomic E-state index is 0.0621. The average Bonchev–Trinajstić information content (AvgIpc) is 2.72. The molecule has 0 saturated carbocycles. The molecule has 17 heavy (non-hydrogen) atoms. The van der Waals surface area contributed by atoms with Crippen molar-refractivity contribution in [3.63, 3.8) is 0 Å². The van der Waals surface area contributed by atoms with Gasteiger partial charge in [-0.2, -0.15) is 0 Å². The van der Waals surface area contributed by atoms with E-state index in [0.717, 1.165) is 50.9 Å². The molecular weight excluding hydrogens is 218 g/mol. The van der Waals surface area contributed by atoms with Gasteiger partial charge in [-0.05, 0) is 25.5 Å². The molecule has 0 aliphatic carbocycles. The molecule has 1 unspecified atom stereocenters. The summed E-state index contributed by atoms with van der Waals surface area (Å²) in [5, 5.41) is 3.50. The Labute approximate surface area is 101 Å². The van der Waals surface area contributed by atoms with Gasteiger partial charge >= 0.3 is 0 Å². The third-order valence-electron chi connectivity index (χ3n) is 3.66. The lowest BCUT2D eigenvalue weighted by Crippen LogP contribution is -2.53. The largest absolute Gasteiger partial charge is 0.466 e. The van der Waals surface area contributed by atoms with Crippen LogP contribution in [0.4, 0.5) is 0 Å². The summed E-state index contributed by atoms with van der Waals surface area (Å²) in [5.41, 5.74) is 0.0621. The molecule has 0 aromatic carbocycles. The monoisotopic (exact) mass is 237 g/mol. The van der Waals surface area contributed by atoms with Crippen LogP contribution in [-0.2, 0) is 14.9 Å². The second-order valence-electron chi connectivity index (χ2n) is 5.11. The molecule has 3 rings (SSSR count). The van der Waals surface area contributed by atoms with Crippen LogP contribution in [-0.4, -0.2) is 39.0 Å². The van der Waals surface area contributed by atoms with E-state index in [9.17, 15) is 0 Å². The normalized spacial score (nSPS) is 27.7. The molecule has 94 valence electrons. The molecule has 4 nitrogen and oxygen atoms in total. The molecule has 1 aromatic rings. The smallest absolute Gasteiger partial charge is 0.115 e. The summed E-state index contributed by atoms with van der Waals surface area (Å²) in [6.07, 6.45) is 1.03. The Kier molecular flexibility index (Phi) is 2.94. The highest BCUT2D eigenvalue weighted by atomic mass is 16.5. The van der Waals surface area contributed by atoms with Gasteiger partial charge in [0.05, 0.1) is 31.8 Å². The van der Waals surface area contributed by atoms with E-state index in [0.29, 0.717) is 6.04 Å². The fraction of sp³-hybridized carbons (Fsp3) is 0.692. The third-order valence-corrected chi connectivity index (χ3v) is 3.66. The van der Waals surface area contributed by atoms with Crippen LogP contribution in [0, 0.1) is 6.92 Å². The van der Waals surface area contributed by atoms with E-state index >= 15 is 0 Å². The highest BCUT2D eigenvalue weighted by molar-refractivity contribution is 5.21. The molecule has 2 fully saturated rings. The van der Waals surface area contributed by atoms with Crippen molar-refractivity contribution in [2.24, 2.45) is 0 Å². The highest BCUT2D eigenvalue weighted by Gasteiger charge is 2.44. The van der Waals surface area contributed by atoms with Crippen LogP contribution in [0.1, 0.15) is 17.9 Å². The van der Waals surface area contributed by atoms with Crippen LogP contribution < -0.4 is 5.32 Å². The van der Waals surface area contributed by atoms with Crippen LogP contribution in [0.3, 0.4) is 0 Å². The van der Waals surface area contributed by atoms with E-state index in [1.54, 1.807) is 0 Å². The van der Waals surface area contributed by atoms with Gasteiger partial charge in [-0.25, -0.2) is 0 Å². The quantitative estimate of drug-likeness (QED) is 0.859. The predicted octanol–water partition coefficient (Wildman–Crippen LogP) is 1.23. The Balaban J connectivity index is 1.73. The number of furan rings is 1. The van der Waals surface area contributed by atoms with E-state index in [4.69, 9.17) is 13.9 Å². The van der Waals surface area contributed by atoms with Gasteiger partial charge in [0.1, 0.15) is 11.5 Å². The SMILES string of the molecule is Cc1ccc(C2(CC3COCCN3)COC2)o1. The number of hydrogen-bond donors (Lipinski definition) is 1. The van der Waals surface area contributed by atoms with Crippen molar-refractivity contribution in [2.75, 3.05) is 33.0 Å². The van der Waals surface area contributed by atoms with E-state index < -0.39 is 0 Å². The van der Waals surface area contributed by atoms with E-state index in [1.807, 2.05) is 13.0 Å². The summed E-state index contributed by atoms with van der Waals surface area (Å²) in [6.45, 7) is 6.06. The number of rotatable bonds is 3. The molecule has 0 radical (unpaired) electrons. The molecule has 0 amide bonds. The zero-order chi connectivity index (χ0) is 11.7. The van der Waals surface area contributed by atoms with Gasteiger partial charge in [0.25, 0.3) is 0 Å². The molecule has 1 atom stereocenters. The number of morpholine rings is 1. The molecule has 2 aliphatic rings. The van der Waals surface area contributed by atoms with Crippen molar-refractivity contribution in [2.45, 2.75) is 24.8 Å². The molecule has 0 bridgehead atoms. The van der Waals surface area contributed by atoms with E-state index in [-0.39, 0.29) is 5.41 Å². The van der Waals surface area contributed by atoms with Crippen LogP contribution in [0.5, 0.6) is 0 Å². The fourth-order valence-corrected chi connectivity index (χ4v) is 2.65. The molecule has 3 heterocycles. The first-order chi connectivity index (χ1) is 8.28. The Morgan fingerprint density at radius 3 is 2.76 bits per heavy atom. The zero-order valence-electron chi connectivity index (χ0n) is 10.2. The molecule has 4 heteroatoms.